The zero-order chi connectivity index (χ0) is 16.1. The van der Waals surface area contributed by atoms with Crippen LogP contribution in [0.5, 0.6) is 0 Å². The number of hydrogen-bond acceptors (Lipinski definition) is 4. The maximum absolute atomic E-state index is 12.2. The highest BCUT2D eigenvalue weighted by atomic mass is 32.1. The lowest BCUT2D eigenvalue weighted by Gasteiger charge is -2.23. The molecule has 0 spiro atoms. The number of fused-ring (bicyclic) bond motifs is 1. The number of carbonyl (C=O) groups is 1. The van der Waals surface area contributed by atoms with Gasteiger partial charge in [0.25, 0.3) is 11.9 Å². The van der Waals surface area contributed by atoms with Crippen molar-refractivity contribution in [3.63, 3.8) is 0 Å². The van der Waals surface area contributed by atoms with Crippen molar-refractivity contribution in [2.24, 2.45) is 4.99 Å². The number of thiophene rings is 1. The van der Waals surface area contributed by atoms with E-state index in [4.69, 9.17) is 4.74 Å². The Balaban J connectivity index is 1.81. The molecule has 0 aliphatic heterocycles. The van der Waals surface area contributed by atoms with Crippen molar-refractivity contribution < 1.29 is 9.53 Å². The Bertz CT molecular complexity index is 695. The molecule has 1 N–H and O–H groups in total. The van der Waals surface area contributed by atoms with Crippen LogP contribution in [-0.4, -0.2) is 18.5 Å². The van der Waals surface area contributed by atoms with Gasteiger partial charge in [-0.3, -0.25) is 10.1 Å². The summed E-state index contributed by atoms with van der Waals surface area (Å²) < 4.78 is 5.55. The van der Waals surface area contributed by atoms with Crippen LogP contribution in [-0.2, 0) is 11.2 Å². The Morgan fingerprint density at radius 1 is 1.35 bits per heavy atom. The van der Waals surface area contributed by atoms with Gasteiger partial charge in [-0.1, -0.05) is 30.3 Å². The standard InChI is InChI=1S/C18H20N2O2S/c1-2-22-18(20-17(21)16-11-6-12-23-16)19-15-10-5-8-13-7-3-4-9-14(13)15/h3-4,6-7,9,11-12,15H,2,5,8,10H2,1H3,(H,19,20,21). The molecule has 23 heavy (non-hydrogen) atoms. The number of amides is 1. The lowest BCUT2D eigenvalue weighted by molar-refractivity contribution is 0.0970. The monoisotopic (exact) mass is 328 g/mol. The van der Waals surface area contributed by atoms with E-state index in [2.05, 4.69) is 28.5 Å². The molecule has 1 aliphatic carbocycles. The number of carbonyl (C=O) groups excluding carboxylic acids is 1. The van der Waals surface area contributed by atoms with E-state index >= 15 is 0 Å². The molecule has 4 nitrogen and oxygen atoms in total. The van der Waals surface area contributed by atoms with E-state index in [9.17, 15) is 4.79 Å². The number of benzene rings is 1. The average molecular weight is 328 g/mol. The molecular weight excluding hydrogens is 308 g/mol. The van der Waals surface area contributed by atoms with Gasteiger partial charge in [-0.2, -0.15) is 0 Å². The molecule has 120 valence electrons. The van der Waals surface area contributed by atoms with Gasteiger partial charge in [0.15, 0.2) is 0 Å². The predicted molar refractivity (Wildman–Crippen MR) is 93.0 cm³/mol. The summed E-state index contributed by atoms with van der Waals surface area (Å²) in [7, 11) is 0. The molecule has 1 aliphatic rings. The van der Waals surface area contributed by atoms with Gasteiger partial charge in [0.05, 0.1) is 17.5 Å². The first-order valence-electron chi connectivity index (χ1n) is 7.91. The third kappa shape index (κ3) is 3.79. The molecule has 2 aromatic rings. The Labute approximate surface area is 140 Å². The number of ether oxygens (including phenoxy) is 1. The van der Waals surface area contributed by atoms with Crippen molar-refractivity contribution in [2.45, 2.75) is 32.2 Å². The van der Waals surface area contributed by atoms with E-state index in [-0.39, 0.29) is 11.9 Å². The van der Waals surface area contributed by atoms with Crippen LogP contribution < -0.4 is 5.32 Å². The van der Waals surface area contributed by atoms with Crippen molar-refractivity contribution >= 4 is 23.3 Å². The Hall–Kier alpha value is -2.14. The highest BCUT2D eigenvalue weighted by Gasteiger charge is 2.21. The first kappa shape index (κ1) is 15.7. The zero-order valence-electron chi connectivity index (χ0n) is 13.1. The first-order chi connectivity index (χ1) is 11.3. The van der Waals surface area contributed by atoms with Gasteiger partial charge >= 0.3 is 0 Å². The maximum Gasteiger partial charge on any atom is 0.292 e. The number of aryl methyl sites for hydroxylation is 1. The zero-order valence-corrected chi connectivity index (χ0v) is 13.9. The van der Waals surface area contributed by atoms with Gasteiger partial charge in [0.1, 0.15) is 0 Å². The average Bonchev–Trinajstić information content (AvgIpc) is 3.10. The third-order valence-electron chi connectivity index (χ3n) is 3.86. The summed E-state index contributed by atoms with van der Waals surface area (Å²) >= 11 is 1.40. The molecule has 5 heteroatoms. The molecule has 1 amide bonds. The largest absolute Gasteiger partial charge is 0.465 e. The van der Waals surface area contributed by atoms with Gasteiger partial charge in [-0.25, -0.2) is 4.99 Å². The molecule has 0 bridgehead atoms. The smallest absolute Gasteiger partial charge is 0.292 e. The lowest BCUT2D eigenvalue weighted by Crippen LogP contribution is -2.32. The number of amidine groups is 1. The second-order valence-electron chi connectivity index (χ2n) is 5.41. The molecule has 1 atom stereocenters. The molecule has 1 heterocycles. The van der Waals surface area contributed by atoms with Crippen LogP contribution in [0, 0.1) is 0 Å². The Kier molecular flexibility index (Phi) is 5.08. The number of nitrogens with one attached hydrogen (secondary N) is 1. The fourth-order valence-corrected chi connectivity index (χ4v) is 3.43. The Morgan fingerprint density at radius 2 is 2.22 bits per heavy atom. The van der Waals surface area contributed by atoms with Crippen molar-refractivity contribution in [1.29, 1.82) is 0 Å². The van der Waals surface area contributed by atoms with E-state index in [0.29, 0.717) is 17.5 Å². The molecule has 0 saturated heterocycles. The van der Waals surface area contributed by atoms with Crippen LogP contribution in [0.3, 0.4) is 0 Å². The molecular formula is C18H20N2O2S. The molecule has 0 fully saturated rings. The fraction of sp³-hybridized carbons (Fsp3) is 0.333. The minimum absolute atomic E-state index is 0.0464. The molecule has 0 saturated carbocycles. The SMILES string of the molecule is CCOC(=NC1CCCc2ccccc21)NC(=O)c1cccs1. The number of nitrogens with zero attached hydrogens (tertiary/aromatic N) is 1. The van der Waals surface area contributed by atoms with Gasteiger partial charge in [-0.05, 0) is 48.8 Å². The van der Waals surface area contributed by atoms with Crippen LogP contribution in [0.4, 0.5) is 0 Å². The van der Waals surface area contributed by atoms with E-state index in [1.54, 1.807) is 6.07 Å². The summed E-state index contributed by atoms with van der Waals surface area (Å²) in [4.78, 5) is 17.6. The predicted octanol–water partition coefficient (Wildman–Crippen LogP) is 3.95. The maximum atomic E-state index is 12.2. The number of aliphatic imine (C=N–C) groups is 1. The van der Waals surface area contributed by atoms with E-state index in [1.165, 1.54) is 22.5 Å². The van der Waals surface area contributed by atoms with Crippen LogP contribution in [0.25, 0.3) is 0 Å². The minimum atomic E-state index is -0.170. The highest BCUT2D eigenvalue weighted by Crippen LogP contribution is 2.32. The van der Waals surface area contributed by atoms with Crippen molar-refractivity contribution in [1.82, 2.24) is 5.32 Å². The number of hydrogen-bond donors (Lipinski definition) is 1. The summed E-state index contributed by atoms with van der Waals surface area (Å²) in [6.45, 7) is 2.36. The van der Waals surface area contributed by atoms with Crippen LogP contribution >= 0.6 is 11.3 Å². The van der Waals surface area contributed by atoms with Crippen LogP contribution in [0.2, 0.25) is 0 Å². The lowest BCUT2D eigenvalue weighted by atomic mass is 9.88. The van der Waals surface area contributed by atoms with Crippen molar-refractivity contribution in [3.05, 3.63) is 57.8 Å². The summed E-state index contributed by atoms with van der Waals surface area (Å²) in [5.74, 6) is -0.170. The van der Waals surface area contributed by atoms with Gasteiger partial charge in [0.2, 0.25) is 0 Å². The van der Waals surface area contributed by atoms with E-state index in [0.717, 1.165) is 19.3 Å². The Morgan fingerprint density at radius 3 is 3.00 bits per heavy atom. The first-order valence-corrected chi connectivity index (χ1v) is 8.79. The summed E-state index contributed by atoms with van der Waals surface area (Å²) in [6, 6.07) is 12.4. The fourth-order valence-electron chi connectivity index (χ4n) is 2.81. The summed E-state index contributed by atoms with van der Waals surface area (Å²) in [5, 5.41) is 4.68. The topological polar surface area (TPSA) is 50.7 Å². The van der Waals surface area contributed by atoms with Crippen LogP contribution in [0.15, 0.2) is 46.8 Å². The van der Waals surface area contributed by atoms with Gasteiger partial charge in [0, 0.05) is 0 Å². The quantitative estimate of drug-likeness (QED) is 0.685. The van der Waals surface area contributed by atoms with Gasteiger partial charge < -0.3 is 4.74 Å². The molecule has 1 aromatic heterocycles. The minimum Gasteiger partial charge on any atom is -0.465 e. The van der Waals surface area contributed by atoms with Crippen molar-refractivity contribution in [2.75, 3.05) is 6.61 Å². The summed E-state index contributed by atoms with van der Waals surface area (Å²) in [5.41, 5.74) is 2.58. The molecule has 3 rings (SSSR count). The molecule has 1 unspecified atom stereocenters. The van der Waals surface area contributed by atoms with Crippen molar-refractivity contribution in [3.8, 4) is 0 Å². The van der Waals surface area contributed by atoms with Gasteiger partial charge in [-0.15, -0.1) is 11.3 Å². The highest BCUT2D eigenvalue weighted by molar-refractivity contribution is 7.12. The van der Waals surface area contributed by atoms with E-state index in [1.807, 2.05) is 24.4 Å². The second kappa shape index (κ2) is 7.42. The van der Waals surface area contributed by atoms with Crippen LogP contribution in [0.1, 0.15) is 46.6 Å². The molecule has 0 radical (unpaired) electrons. The molecule has 1 aromatic carbocycles. The summed E-state index contributed by atoms with van der Waals surface area (Å²) in [6.07, 6.45) is 3.17. The van der Waals surface area contributed by atoms with E-state index < -0.39 is 0 Å². The second-order valence-corrected chi connectivity index (χ2v) is 6.35. The third-order valence-corrected chi connectivity index (χ3v) is 4.73. The number of rotatable bonds is 3. The normalized spacial score (nSPS) is 17.4.